The number of hydrogen-bond donors (Lipinski definition) is 1. The molecule has 0 aromatic carbocycles. The van der Waals surface area contributed by atoms with Crippen molar-refractivity contribution in [3.05, 3.63) is 12.3 Å². The number of amides is 1. The normalized spacial score (nSPS) is 24.3. The molecule has 1 heterocycles. The van der Waals surface area contributed by atoms with E-state index in [0.29, 0.717) is 6.42 Å². The van der Waals surface area contributed by atoms with Gasteiger partial charge in [-0.15, -0.1) is 0 Å². The summed E-state index contributed by atoms with van der Waals surface area (Å²) in [4.78, 5) is 12.9. The van der Waals surface area contributed by atoms with E-state index in [0.717, 1.165) is 12.8 Å². The quantitative estimate of drug-likeness (QED) is 0.681. The summed E-state index contributed by atoms with van der Waals surface area (Å²) in [5.74, 6) is 0.124. The lowest BCUT2D eigenvalue weighted by molar-refractivity contribution is -0.126. The molecule has 1 aliphatic rings. The zero-order chi connectivity index (χ0) is 8.97. The van der Waals surface area contributed by atoms with E-state index in [4.69, 9.17) is 5.11 Å². The van der Waals surface area contributed by atoms with Crippen molar-refractivity contribution in [2.75, 3.05) is 6.61 Å². The molecular weight excluding hydrogens is 154 g/mol. The molecule has 0 aromatic heterocycles. The van der Waals surface area contributed by atoms with Crippen molar-refractivity contribution in [2.45, 2.75) is 32.2 Å². The number of carbonyl (C=O) groups is 1. The molecule has 1 amide bonds. The fraction of sp³-hybridized carbons (Fsp3) is 0.667. The van der Waals surface area contributed by atoms with E-state index in [1.165, 1.54) is 0 Å². The second kappa shape index (κ2) is 4.26. The number of rotatable bonds is 3. The Morgan fingerprint density at radius 2 is 2.50 bits per heavy atom. The second-order valence-corrected chi connectivity index (χ2v) is 2.97. The third-order valence-corrected chi connectivity index (χ3v) is 2.09. The summed E-state index contributed by atoms with van der Waals surface area (Å²) in [7, 11) is 0. The number of nitrogens with zero attached hydrogens (tertiary/aromatic N) is 1. The van der Waals surface area contributed by atoms with E-state index in [-0.39, 0.29) is 18.6 Å². The monoisotopic (exact) mass is 169 g/mol. The highest BCUT2D eigenvalue weighted by Crippen LogP contribution is 2.18. The Hall–Kier alpha value is -0.830. The van der Waals surface area contributed by atoms with Crippen molar-refractivity contribution in [3.8, 4) is 0 Å². The van der Waals surface area contributed by atoms with E-state index < -0.39 is 0 Å². The minimum Gasteiger partial charge on any atom is -0.394 e. The Labute approximate surface area is 72.7 Å². The molecule has 0 aromatic rings. The van der Waals surface area contributed by atoms with Crippen LogP contribution in [-0.4, -0.2) is 28.6 Å². The first-order chi connectivity index (χ1) is 5.79. The standard InChI is InChI=1S/C9H15NO2/c1-2-3-6-10-8(7-11)4-5-9(10)12/h3,6,8,11H,2,4-5,7H2,1H3/b6-3+/t8-/m0/s1. The smallest absolute Gasteiger partial charge is 0.226 e. The molecule has 0 saturated carbocycles. The molecule has 12 heavy (non-hydrogen) atoms. The number of likely N-dealkylation sites (tertiary alicyclic amines) is 1. The molecule has 1 aliphatic heterocycles. The third kappa shape index (κ3) is 1.85. The molecule has 3 heteroatoms. The van der Waals surface area contributed by atoms with Crippen molar-refractivity contribution in [1.29, 1.82) is 0 Å². The van der Waals surface area contributed by atoms with Gasteiger partial charge < -0.3 is 10.0 Å². The van der Waals surface area contributed by atoms with Crippen LogP contribution in [0.15, 0.2) is 12.3 Å². The lowest BCUT2D eigenvalue weighted by atomic mass is 10.2. The van der Waals surface area contributed by atoms with E-state index in [9.17, 15) is 4.79 Å². The van der Waals surface area contributed by atoms with Crippen LogP contribution in [0.4, 0.5) is 0 Å². The second-order valence-electron chi connectivity index (χ2n) is 2.97. The summed E-state index contributed by atoms with van der Waals surface area (Å²) in [5.41, 5.74) is 0. The topological polar surface area (TPSA) is 40.5 Å². The maximum atomic E-state index is 11.2. The van der Waals surface area contributed by atoms with Gasteiger partial charge in [-0.2, -0.15) is 0 Å². The number of aliphatic hydroxyl groups is 1. The maximum Gasteiger partial charge on any atom is 0.226 e. The van der Waals surface area contributed by atoms with Crippen LogP contribution in [0.3, 0.4) is 0 Å². The predicted molar refractivity (Wildman–Crippen MR) is 46.4 cm³/mol. The first-order valence-corrected chi connectivity index (χ1v) is 4.38. The third-order valence-electron chi connectivity index (χ3n) is 2.09. The van der Waals surface area contributed by atoms with Crippen LogP contribution in [0.1, 0.15) is 26.2 Å². The van der Waals surface area contributed by atoms with E-state index in [2.05, 4.69) is 0 Å². The number of aliphatic hydroxyl groups excluding tert-OH is 1. The Balaban J connectivity index is 2.57. The van der Waals surface area contributed by atoms with Crippen molar-refractivity contribution < 1.29 is 9.90 Å². The molecule has 1 fully saturated rings. The Morgan fingerprint density at radius 1 is 1.75 bits per heavy atom. The molecule has 3 nitrogen and oxygen atoms in total. The molecule has 1 rings (SSSR count). The average molecular weight is 169 g/mol. The minimum atomic E-state index is 0.0142. The minimum absolute atomic E-state index is 0.0142. The summed E-state index contributed by atoms with van der Waals surface area (Å²) >= 11 is 0. The van der Waals surface area contributed by atoms with Gasteiger partial charge in [-0.3, -0.25) is 4.79 Å². The van der Waals surface area contributed by atoms with Crippen molar-refractivity contribution >= 4 is 5.91 Å². The van der Waals surface area contributed by atoms with Gasteiger partial charge in [0, 0.05) is 12.6 Å². The van der Waals surface area contributed by atoms with E-state index in [1.54, 1.807) is 11.1 Å². The maximum absolute atomic E-state index is 11.2. The Bertz CT molecular complexity index is 189. The van der Waals surface area contributed by atoms with Crippen molar-refractivity contribution in [3.63, 3.8) is 0 Å². The molecular formula is C9H15NO2. The van der Waals surface area contributed by atoms with Gasteiger partial charge in [0.2, 0.25) is 5.91 Å². The van der Waals surface area contributed by atoms with Gasteiger partial charge in [0.15, 0.2) is 0 Å². The van der Waals surface area contributed by atoms with Gasteiger partial charge in [-0.25, -0.2) is 0 Å². The molecule has 0 spiro atoms. The van der Waals surface area contributed by atoms with Crippen molar-refractivity contribution in [1.82, 2.24) is 4.90 Å². The number of hydrogen-bond acceptors (Lipinski definition) is 2. The molecule has 0 bridgehead atoms. The predicted octanol–water partition coefficient (Wildman–Crippen LogP) is 0.893. The number of carbonyl (C=O) groups excluding carboxylic acids is 1. The zero-order valence-corrected chi connectivity index (χ0v) is 7.36. The average Bonchev–Trinajstić information content (AvgIpc) is 2.43. The summed E-state index contributed by atoms with van der Waals surface area (Å²) < 4.78 is 0. The Kier molecular flexibility index (Phi) is 3.29. The molecule has 0 aliphatic carbocycles. The highest BCUT2D eigenvalue weighted by atomic mass is 16.3. The number of allylic oxidation sites excluding steroid dienone is 1. The SMILES string of the molecule is CC/C=C/N1C(=O)CC[C@H]1CO. The van der Waals surface area contributed by atoms with Gasteiger partial charge >= 0.3 is 0 Å². The zero-order valence-electron chi connectivity index (χ0n) is 7.36. The molecule has 1 N–H and O–H groups in total. The van der Waals surface area contributed by atoms with Crippen LogP contribution < -0.4 is 0 Å². The van der Waals surface area contributed by atoms with Gasteiger partial charge in [-0.05, 0) is 12.8 Å². The highest BCUT2D eigenvalue weighted by Gasteiger charge is 2.28. The fourth-order valence-corrected chi connectivity index (χ4v) is 1.36. The van der Waals surface area contributed by atoms with Gasteiger partial charge in [0.1, 0.15) is 0 Å². The molecule has 1 saturated heterocycles. The van der Waals surface area contributed by atoms with Crippen molar-refractivity contribution in [2.24, 2.45) is 0 Å². The molecule has 0 radical (unpaired) electrons. The summed E-state index contributed by atoms with van der Waals surface area (Å²) in [5, 5.41) is 8.93. The highest BCUT2D eigenvalue weighted by molar-refractivity contribution is 5.79. The van der Waals surface area contributed by atoms with Gasteiger partial charge in [-0.1, -0.05) is 13.0 Å². The lowest BCUT2D eigenvalue weighted by Crippen LogP contribution is -2.30. The Morgan fingerprint density at radius 3 is 3.08 bits per heavy atom. The lowest BCUT2D eigenvalue weighted by Gasteiger charge is -2.18. The van der Waals surface area contributed by atoms with E-state index >= 15 is 0 Å². The molecule has 1 atom stereocenters. The largest absolute Gasteiger partial charge is 0.394 e. The summed E-state index contributed by atoms with van der Waals surface area (Å²) in [6, 6.07) is 0.0142. The molecule has 68 valence electrons. The first-order valence-electron chi connectivity index (χ1n) is 4.38. The van der Waals surface area contributed by atoms with Crippen LogP contribution in [0.25, 0.3) is 0 Å². The van der Waals surface area contributed by atoms with E-state index in [1.807, 2.05) is 13.0 Å². The van der Waals surface area contributed by atoms with Crippen LogP contribution >= 0.6 is 0 Å². The summed E-state index contributed by atoms with van der Waals surface area (Å²) in [6.45, 7) is 2.09. The fourth-order valence-electron chi connectivity index (χ4n) is 1.36. The summed E-state index contributed by atoms with van der Waals surface area (Å²) in [6.07, 6.45) is 5.99. The van der Waals surface area contributed by atoms with Gasteiger partial charge in [0.25, 0.3) is 0 Å². The van der Waals surface area contributed by atoms with Crippen LogP contribution in [-0.2, 0) is 4.79 Å². The van der Waals surface area contributed by atoms with Crippen LogP contribution in [0.5, 0.6) is 0 Å². The van der Waals surface area contributed by atoms with Crippen LogP contribution in [0.2, 0.25) is 0 Å². The molecule has 0 unspecified atom stereocenters. The van der Waals surface area contributed by atoms with Gasteiger partial charge in [0.05, 0.1) is 12.6 Å². The first kappa shape index (κ1) is 9.26. The van der Waals surface area contributed by atoms with Crippen LogP contribution in [0, 0.1) is 0 Å².